The molecule has 2 aromatic rings. The highest BCUT2D eigenvalue weighted by molar-refractivity contribution is 6.52. The molecule has 2 heterocycles. The molecule has 35 heavy (non-hydrogen) atoms. The molecule has 1 fully saturated rings. The predicted octanol–water partition coefficient (Wildman–Crippen LogP) is 1.24. The lowest BCUT2D eigenvalue weighted by Crippen LogP contribution is -2.58. The fraction of sp³-hybridized carbons (Fsp3) is 0.273. The second-order valence-electron chi connectivity index (χ2n) is 8.46. The summed E-state index contributed by atoms with van der Waals surface area (Å²) in [7, 11) is 17.4. The largest absolute Gasteiger partial charge is 0.352 e. The monoisotopic (exact) mass is 491 g/mol. The average Bonchev–Trinajstić information content (AvgIpc) is 3.12. The molecule has 6 radical (unpaired) electrons. The van der Waals surface area contributed by atoms with E-state index in [1.54, 1.807) is 0 Å². The summed E-state index contributed by atoms with van der Waals surface area (Å²) < 4.78 is 29.1. The van der Waals surface area contributed by atoms with Crippen molar-refractivity contribution in [1.29, 1.82) is 0 Å². The van der Waals surface area contributed by atoms with Crippen LogP contribution in [0.2, 0.25) is 10.2 Å². The van der Waals surface area contributed by atoms with Crippen molar-refractivity contribution >= 4 is 58.8 Å². The van der Waals surface area contributed by atoms with Gasteiger partial charge in [-0.3, -0.25) is 24.5 Å². The number of benzene rings is 2. The van der Waals surface area contributed by atoms with E-state index in [4.69, 9.17) is 35.1 Å². The Balaban J connectivity index is 1.50. The normalized spacial score (nSPS) is 20.3. The van der Waals surface area contributed by atoms with Gasteiger partial charge in [0.25, 0.3) is 11.8 Å². The van der Waals surface area contributed by atoms with Crippen LogP contribution in [0.1, 0.15) is 39.4 Å². The van der Waals surface area contributed by atoms with Crippen LogP contribution in [-0.4, -0.2) is 58.1 Å². The Morgan fingerprint density at radius 1 is 1.17 bits per heavy atom. The van der Waals surface area contributed by atoms with Crippen LogP contribution >= 0.6 is 11.6 Å². The Morgan fingerprint density at radius 3 is 2.49 bits per heavy atom. The zero-order chi connectivity index (χ0) is 25.7. The second kappa shape index (κ2) is 8.82. The fourth-order valence-corrected chi connectivity index (χ4v) is 4.11. The molecule has 7 nitrogen and oxygen atoms in total. The number of hydrogen-bond donors (Lipinski definition) is 2. The van der Waals surface area contributed by atoms with E-state index in [-0.39, 0.29) is 29.1 Å². The number of imide groups is 1. The standard InChI is InChI=1S/C22H15B3ClF2N3O4/c23-16(29-20(35)22(27,28)12-2-4-13(26)5-3-12)10-1-6-14-11(7-10)9-31(18(14)33)15-8-21(24,25)19(34)30-17(15)32/h1-7,15-16H,8-9H2,(H,29,35)(H,30,32,34). The van der Waals surface area contributed by atoms with Gasteiger partial charge in [-0.2, -0.15) is 8.78 Å². The Bertz CT molecular complexity index is 1240. The number of fused-ring (bicyclic) bond motifs is 1. The molecule has 2 N–H and O–H groups in total. The van der Waals surface area contributed by atoms with Crippen LogP contribution in [0, 0.1) is 0 Å². The lowest BCUT2D eigenvalue weighted by molar-refractivity contribution is -0.147. The molecule has 0 aromatic heterocycles. The van der Waals surface area contributed by atoms with Gasteiger partial charge in [0.05, 0.1) is 15.7 Å². The number of carbonyl (C=O) groups is 4. The molecule has 0 aliphatic carbocycles. The van der Waals surface area contributed by atoms with Crippen LogP contribution < -0.4 is 10.6 Å². The van der Waals surface area contributed by atoms with Crippen LogP contribution in [0.4, 0.5) is 8.78 Å². The van der Waals surface area contributed by atoms with Gasteiger partial charge in [-0.1, -0.05) is 35.9 Å². The number of carbonyl (C=O) groups excluding carboxylic acids is 4. The summed E-state index contributed by atoms with van der Waals surface area (Å²) in [6.07, 6.45) is -0.278. The summed E-state index contributed by atoms with van der Waals surface area (Å²) in [4.78, 5) is 50.5. The van der Waals surface area contributed by atoms with Gasteiger partial charge >= 0.3 is 5.92 Å². The molecule has 2 atom stereocenters. The van der Waals surface area contributed by atoms with Crippen molar-refractivity contribution in [2.24, 2.45) is 0 Å². The van der Waals surface area contributed by atoms with Crippen molar-refractivity contribution < 1.29 is 28.0 Å². The topological polar surface area (TPSA) is 95.6 Å². The highest BCUT2D eigenvalue weighted by atomic mass is 35.5. The SMILES string of the molecule is [B]C(NC(=O)C(F)(F)c1ccc(Cl)cc1)c1ccc2c(c1)CN(C1CC([B])([B])C(=O)NC1=O)C2=O. The molecule has 2 aliphatic rings. The van der Waals surface area contributed by atoms with Gasteiger partial charge in [-0.05, 0) is 41.0 Å². The minimum Gasteiger partial charge on any atom is -0.352 e. The minimum atomic E-state index is -3.87. The highest BCUT2D eigenvalue weighted by Gasteiger charge is 2.46. The maximum Gasteiger partial charge on any atom is 0.349 e. The van der Waals surface area contributed by atoms with Crippen molar-refractivity contribution in [3.8, 4) is 0 Å². The summed E-state index contributed by atoms with van der Waals surface area (Å²) in [5.41, 5.74) is 0.407. The Kier molecular flexibility index (Phi) is 6.29. The minimum absolute atomic E-state index is 0.0357. The Morgan fingerprint density at radius 2 is 1.83 bits per heavy atom. The van der Waals surface area contributed by atoms with Gasteiger partial charge in [0.1, 0.15) is 13.9 Å². The zero-order valence-electron chi connectivity index (χ0n) is 18.1. The van der Waals surface area contributed by atoms with E-state index >= 15 is 0 Å². The second-order valence-corrected chi connectivity index (χ2v) is 8.90. The van der Waals surface area contributed by atoms with Crippen molar-refractivity contribution in [2.75, 3.05) is 0 Å². The maximum absolute atomic E-state index is 14.6. The van der Waals surface area contributed by atoms with E-state index in [0.29, 0.717) is 5.56 Å². The fourth-order valence-electron chi connectivity index (χ4n) is 3.98. The van der Waals surface area contributed by atoms with Crippen LogP contribution in [0.25, 0.3) is 0 Å². The van der Waals surface area contributed by atoms with Crippen LogP contribution in [0.5, 0.6) is 0 Å². The third-order valence-electron chi connectivity index (χ3n) is 5.97. The molecule has 1 saturated heterocycles. The number of nitrogens with zero attached hydrogens (tertiary/aromatic N) is 1. The number of hydrogen-bond acceptors (Lipinski definition) is 4. The van der Waals surface area contributed by atoms with Gasteiger partial charge in [0.15, 0.2) is 0 Å². The molecule has 2 unspecified atom stereocenters. The van der Waals surface area contributed by atoms with Crippen LogP contribution in [0.15, 0.2) is 42.5 Å². The molecule has 4 amide bonds. The smallest absolute Gasteiger partial charge is 0.349 e. The summed E-state index contributed by atoms with van der Waals surface area (Å²) in [5.74, 6) is -8.85. The van der Waals surface area contributed by atoms with E-state index in [9.17, 15) is 28.0 Å². The quantitative estimate of drug-likeness (QED) is 0.486. The molecule has 0 spiro atoms. The molecule has 2 aromatic carbocycles. The van der Waals surface area contributed by atoms with E-state index in [0.717, 1.165) is 12.1 Å². The number of amides is 4. The van der Waals surface area contributed by atoms with Gasteiger partial charge in [-0.15, -0.1) is 0 Å². The van der Waals surface area contributed by atoms with Gasteiger partial charge in [0.2, 0.25) is 11.8 Å². The average molecular weight is 491 g/mol. The molecular formula is C22H15B3ClF2N3O4. The van der Waals surface area contributed by atoms with Crippen molar-refractivity contribution in [3.05, 3.63) is 69.7 Å². The predicted molar refractivity (Wildman–Crippen MR) is 124 cm³/mol. The third kappa shape index (κ3) is 4.59. The maximum atomic E-state index is 14.6. The first-order valence-electron chi connectivity index (χ1n) is 10.4. The molecular weight excluding hydrogens is 476 g/mol. The summed E-state index contributed by atoms with van der Waals surface area (Å²) in [5, 5.41) is 2.54. The van der Waals surface area contributed by atoms with E-state index < -0.39 is 52.3 Å². The molecule has 13 heteroatoms. The van der Waals surface area contributed by atoms with Crippen LogP contribution in [-0.2, 0) is 26.9 Å². The molecule has 0 bridgehead atoms. The van der Waals surface area contributed by atoms with E-state index in [1.807, 2.05) is 0 Å². The number of piperidine rings is 1. The number of alkyl halides is 2. The lowest BCUT2D eigenvalue weighted by Gasteiger charge is -2.38. The van der Waals surface area contributed by atoms with E-state index in [2.05, 4.69) is 10.6 Å². The third-order valence-corrected chi connectivity index (χ3v) is 6.22. The summed E-state index contributed by atoms with van der Waals surface area (Å²) >= 11 is 5.71. The summed E-state index contributed by atoms with van der Waals surface area (Å²) in [6.45, 7) is -0.0357. The molecule has 2 aliphatic heterocycles. The Hall–Kier alpha value is -3.14. The zero-order valence-corrected chi connectivity index (χ0v) is 18.8. The number of nitrogens with one attached hydrogen (secondary N) is 2. The molecule has 4 rings (SSSR count). The molecule has 0 saturated carbocycles. The van der Waals surface area contributed by atoms with Crippen molar-refractivity contribution in [2.45, 2.75) is 36.1 Å². The number of rotatable bonds is 5. The first-order chi connectivity index (χ1) is 16.3. The van der Waals surface area contributed by atoms with Gasteiger partial charge < -0.3 is 10.2 Å². The lowest BCUT2D eigenvalue weighted by atomic mass is 9.50. The first kappa shape index (κ1) is 25.0. The van der Waals surface area contributed by atoms with Crippen molar-refractivity contribution in [1.82, 2.24) is 15.5 Å². The molecule has 172 valence electrons. The van der Waals surface area contributed by atoms with E-state index in [1.165, 1.54) is 35.2 Å². The van der Waals surface area contributed by atoms with Crippen LogP contribution in [0.3, 0.4) is 0 Å². The van der Waals surface area contributed by atoms with Gasteiger partial charge in [0, 0.05) is 28.6 Å². The highest BCUT2D eigenvalue weighted by Crippen LogP contribution is 2.35. The number of halogens is 3. The van der Waals surface area contributed by atoms with Crippen molar-refractivity contribution in [3.63, 3.8) is 0 Å². The Labute approximate surface area is 208 Å². The van der Waals surface area contributed by atoms with Gasteiger partial charge in [-0.25, -0.2) is 0 Å². The first-order valence-corrected chi connectivity index (χ1v) is 10.8. The summed E-state index contributed by atoms with van der Waals surface area (Å²) in [6, 6.07) is 7.77.